The molecule has 1 amide bonds. The van der Waals surface area contributed by atoms with Gasteiger partial charge in [0.15, 0.2) is 5.13 Å². The van der Waals surface area contributed by atoms with Crippen molar-refractivity contribution < 1.29 is 13.9 Å². The molecule has 0 unspecified atom stereocenters. The summed E-state index contributed by atoms with van der Waals surface area (Å²) in [5.74, 6) is -0.433. The molecule has 1 aliphatic rings. The molecule has 32 heavy (non-hydrogen) atoms. The summed E-state index contributed by atoms with van der Waals surface area (Å²) < 4.78 is 21.6. The van der Waals surface area contributed by atoms with E-state index >= 15 is 0 Å². The Morgan fingerprint density at radius 3 is 2.75 bits per heavy atom. The Kier molecular flexibility index (Phi) is 8.21. The van der Waals surface area contributed by atoms with Crippen molar-refractivity contribution in [3.8, 4) is 0 Å². The van der Waals surface area contributed by atoms with Gasteiger partial charge < -0.3 is 4.74 Å². The number of aromatic nitrogens is 3. The molecule has 0 atom stereocenters. The smallest absolute Gasteiger partial charge is 0.278 e. The average molecular weight is 482 g/mol. The lowest BCUT2D eigenvalue weighted by Gasteiger charge is -2.28. The summed E-state index contributed by atoms with van der Waals surface area (Å²) in [5, 5.41) is 5.08. The number of hydrogen-bond acceptors (Lipinski definition) is 6. The molecular formula is C22H29ClFN5O2S. The molecule has 3 aromatic rings. The lowest BCUT2D eigenvalue weighted by molar-refractivity contribution is 0.0376. The van der Waals surface area contributed by atoms with Gasteiger partial charge in [-0.2, -0.15) is 5.10 Å². The van der Waals surface area contributed by atoms with Crippen LogP contribution in [-0.2, 0) is 4.74 Å². The van der Waals surface area contributed by atoms with Crippen LogP contribution in [0.2, 0.25) is 0 Å². The largest absolute Gasteiger partial charge is 0.379 e. The zero-order valence-corrected chi connectivity index (χ0v) is 20.2. The highest BCUT2D eigenvalue weighted by atomic mass is 35.5. The number of halogens is 2. The first-order valence-corrected chi connectivity index (χ1v) is 11.5. The van der Waals surface area contributed by atoms with Crippen LogP contribution < -0.4 is 4.90 Å². The predicted molar refractivity (Wildman–Crippen MR) is 128 cm³/mol. The maximum absolute atomic E-state index is 13.7. The van der Waals surface area contributed by atoms with E-state index in [0.29, 0.717) is 22.9 Å². The van der Waals surface area contributed by atoms with Crippen molar-refractivity contribution in [1.29, 1.82) is 0 Å². The zero-order chi connectivity index (χ0) is 22.0. The van der Waals surface area contributed by atoms with Crippen molar-refractivity contribution in [2.24, 2.45) is 0 Å². The number of hydrogen-bond donors (Lipinski definition) is 0. The third-order valence-corrected chi connectivity index (χ3v) is 6.38. The molecule has 0 aliphatic carbocycles. The molecule has 0 N–H and O–H groups in total. The highest BCUT2D eigenvalue weighted by Gasteiger charge is 2.26. The van der Waals surface area contributed by atoms with Gasteiger partial charge in [-0.3, -0.25) is 19.3 Å². The molecule has 1 fully saturated rings. The molecule has 0 bridgehead atoms. The predicted octanol–water partition coefficient (Wildman–Crippen LogP) is 4.31. The van der Waals surface area contributed by atoms with E-state index in [9.17, 15) is 9.18 Å². The molecule has 3 heterocycles. The number of anilines is 1. The number of thiazole rings is 1. The van der Waals surface area contributed by atoms with Crippen LogP contribution in [0.5, 0.6) is 0 Å². The van der Waals surface area contributed by atoms with Crippen LogP contribution in [0, 0.1) is 12.7 Å². The Bertz CT molecular complexity index is 1060. The molecule has 0 radical (unpaired) electrons. The van der Waals surface area contributed by atoms with Crippen LogP contribution in [0.15, 0.2) is 24.3 Å². The van der Waals surface area contributed by atoms with Crippen molar-refractivity contribution in [2.75, 3.05) is 44.3 Å². The van der Waals surface area contributed by atoms with Crippen LogP contribution in [0.25, 0.3) is 10.2 Å². The Hall–Kier alpha value is -2.07. The molecule has 2 aromatic heterocycles. The molecule has 174 valence electrons. The fourth-order valence-electron chi connectivity index (χ4n) is 3.77. The first-order valence-electron chi connectivity index (χ1n) is 10.7. The summed E-state index contributed by atoms with van der Waals surface area (Å²) in [6.45, 7) is 10.6. The standard InChI is InChI=1S/C22H28FN5O2S.ClH/c1-15(2)28-19(13-16(3)25-28)21(29)27(8-4-7-26-9-11-30-12-10-26)22-24-18-6-5-17(23)14-20(18)31-22;/h5-6,13-15H,4,7-12H2,1-3H3;1H. The molecule has 0 spiro atoms. The van der Waals surface area contributed by atoms with Crippen LogP contribution in [0.1, 0.15) is 42.5 Å². The summed E-state index contributed by atoms with van der Waals surface area (Å²) >= 11 is 1.34. The van der Waals surface area contributed by atoms with E-state index in [1.54, 1.807) is 15.6 Å². The Balaban J connectivity index is 0.00000289. The van der Waals surface area contributed by atoms with Gasteiger partial charge in [0, 0.05) is 32.2 Å². The molecular weight excluding hydrogens is 453 g/mol. The third kappa shape index (κ3) is 5.46. The summed E-state index contributed by atoms with van der Waals surface area (Å²) in [6, 6.07) is 6.41. The van der Waals surface area contributed by atoms with Gasteiger partial charge in [0.25, 0.3) is 5.91 Å². The second-order valence-corrected chi connectivity index (χ2v) is 9.09. The Labute approximate surface area is 197 Å². The molecule has 4 rings (SSSR count). The Morgan fingerprint density at radius 2 is 2.03 bits per heavy atom. The fraction of sp³-hybridized carbons (Fsp3) is 0.500. The highest BCUT2D eigenvalue weighted by Crippen LogP contribution is 2.31. The van der Waals surface area contributed by atoms with E-state index < -0.39 is 0 Å². The summed E-state index contributed by atoms with van der Waals surface area (Å²) in [7, 11) is 0. The number of benzene rings is 1. The molecule has 10 heteroatoms. The lowest BCUT2D eigenvalue weighted by Crippen LogP contribution is -2.39. The molecule has 1 aromatic carbocycles. The fourth-order valence-corrected chi connectivity index (χ4v) is 4.79. The van der Waals surface area contributed by atoms with E-state index in [1.165, 1.54) is 23.5 Å². The van der Waals surface area contributed by atoms with Gasteiger partial charge >= 0.3 is 0 Å². The number of carbonyl (C=O) groups is 1. The monoisotopic (exact) mass is 481 g/mol. The van der Waals surface area contributed by atoms with Crippen molar-refractivity contribution in [3.05, 3.63) is 41.5 Å². The van der Waals surface area contributed by atoms with Gasteiger partial charge in [0.1, 0.15) is 11.5 Å². The topological polar surface area (TPSA) is 63.5 Å². The molecule has 0 saturated carbocycles. The van der Waals surface area contributed by atoms with E-state index in [-0.39, 0.29) is 30.2 Å². The number of ether oxygens (including phenoxy) is 1. The van der Waals surface area contributed by atoms with E-state index in [0.717, 1.165) is 49.7 Å². The number of carbonyl (C=O) groups excluding carboxylic acids is 1. The van der Waals surface area contributed by atoms with Crippen molar-refractivity contribution in [2.45, 2.75) is 33.2 Å². The van der Waals surface area contributed by atoms with Crippen molar-refractivity contribution in [3.63, 3.8) is 0 Å². The average Bonchev–Trinajstić information content (AvgIpc) is 3.34. The second-order valence-electron chi connectivity index (χ2n) is 8.08. The van der Waals surface area contributed by atoms with Gasteiger partial charge in [0.05, 0.1) is 29.1 Å². The molecule has 1 saturated heterocycles. The number of aryl methyl sites for hydroxylation is 1. The van der Waals surface area contributed by atoms with E-state index in [4.69, 9.17) is 4.74 Å². The number of morpholine rings is 1. The summed E-state index contributed by atoms with van der Waals surface area (Å²) in [5.41, 5.74) is 2.04. The first-order chi connectivity index (χ1) is 14.9. The number of rotatable bonds is 7. The number of amides is 1. The van der Waals surface area contributed by atoms with Gasteiger partial charge in [-0.15, -0.1) is 12.4 Å². The zero-order valence-electron chi connectivity index (χ0n) is 18.6. The summed E-state index contributed by atoms with van der Waals surface area (Å²) in [4.78, 5) is 22.3. The van der Waals surface area contributed by atoms with Gasteiger partial charge in [-0.05, 0) is 51.5 Å². The number of nitrogens with zero attached hydrogens (tertiary/aromatic N) is 5. The van der Waals surface area contributed by atoms with E-state index in [1.807, 2.05) is 26.8 Å². The SMILES string of the molecule is Cc1cc(C(=O)N(CCCN2CCOCC2)c2nc3ccc(F)cc3s2)n(C(C)C)n1.Cl. The maximum Gasteiger partial charge on any atom is 0.278 e. The second kappa shape index (κ2) is 10.7. The van der Waals surface area contributed by atoms with Gasteiger partial charge in [0.2, 0.25) is 0 Å². The minimum atomic E-state index is -0.304. The lowest BCUT2D eigenvalue weighted by atomic mass is 10.2. The van der Waals surface area contributed by atoms with Gasteiger partial charge in [-0.1, -0.05) is 11.3 Å². The van der Waals surface area contributed by atoms with Crippen LogP contribution in [-0.4, -0.2) is 65.0 Å². The van der Waals surface area contributed by atoms with E-state index in [2.05, 4.69) is 15.0 Å². The molecule has 7 nitrogen and oxygen atoms in total. The number of fused-ring (bicyclic) bond motifs is 1. The van der Waals surface area contributed by atoms with Crippen LogP contribution in [0.3, 0.4) is 0 Å². The Morgan fingerprint density at radius 1 is 1.28 bits per heavy atom. The van der Waals surface area contributed by atoms with Crippen LogP contribution in [0.4, 0.5) is 9.52 Å². The summed E-state index contributed by atoms with van der Waals surface area (Å²) in [6.07, 6.45) is 0.810. The highest BCUT2D eigenvalue weighted by molar-refractivity contribution is 7.22. The van der Waals surface area contributed by atoms with Gasteiger partial charge in [-0.25, -0.2) is 9.37 Å². The molecule has 1 aliphatic heterocycles. The first kappa shape index (κ1) is 24.6. The quantitative estimate of drug-likeness (QED) is 0.503. The minimum absolute atomic E-state index is 0. The maximum atomic E-state index is 13.7. The van der Waals surface area contributed by atoms with Crippen molar-refractivity contribution in [1.82, 2.24) is 19.7 Å². The van der Waals surface area contributed by atoms with Crippen molar-refractivity contribution >= 4 is 45.0 Å². The third-order valence-electron chi connectivity index (χ3n) is 5.34. The normalized spacial score (nSPS) is 14.7. The van der Waals surface area contributed by atoms with Crippen LogP contribution >= 0.6 is 23.7 Å². The minimum Gasteiger partial charge on any atom is -0.379 e.